The highest BCUT2D eigenvalue weighted by Crippen LogP contribution is 2.10. The lowest BCUT2D eigenvalue weighted by Gasteiger charge is -2.08. The number of carbonyl (C=O) groups excluding carboxylic acids is 1. The van der Waals surface area contributed by atoms with E-state index in [1.165, 1.54) is 0 Å². The van der Waals surface area contributed by atoms with Gasteiger partial charge >= 0.3 is 0 Å². The fourth-order valence-corrected chi connectivity index (χ4v) is 1.50. The molecule has 2 rings (SSSR count). The Hall–Kier alpha value is -2.43. The van der Waals surface area contributed by atoms with Crippen LogP contribution < -0.4 is 21.9 Å². The molecule has 0 saturated carbocycles. The molecular weight excluding hydrogens is 220 g/mol. The summed E-state index contributed by atoms with van der Waals surface area (Å²) in [5.74, 6) is -0.366. The molecule has 0 unspecified atom stereocenters. The monoisotopic (exact) mass is 230 g/mol. The summed E-state index contributed by atoms with van der Waals surface area (Å²) < 4.78 is 0. The molecule has 0 atom stereocenters. The molecule has 1 amide bonds. The number of rotatable bonds is 3. The van der Waals surface area contributed by atoms with Gasteiger partial charge in [0.05, 0.1) is 6.42 Å². The van der Waals surface area contributed by atoms with Gasteiger partial charge in [0.1, 0.15) is 11.4 Å². The minimum absolute atomic E-state index is 0.0871. The van der Waals surface area contributed by atoms with Gasteiger partial charge in [-0.25, -0.2) is 0 Å². The zero-order chi connectivity index (χ0) is 12.4. The number of amides is 1. The van der Waals surface area contributed by atoms with Gasteiger partial charge in [-0.3, -0.25) is 14.4 Å². The summed E-state index contributed by atoms with van der Waals surface area (Å²) in [6.07, 6.45) is 0.138. The first-order chi connectivity index (χ1) is 8.09. The van der Waals surface area contributed by atoms with Crippen molar-refractivity contribution in [1.82, 2.24) is 0 Å². The molecule has 0 aliphatic rings. The third-order valence-corrected chi connectivity index (χ3v) is 2.42. The number of nitrogen functional groups attached to an aromatic ring is 1. The summed E-state index contributed by atoms with van der Waals surface area (Å²) >= 11 is 0. The molecule has 0 aliphatic heterocycles. The summed E-state index contributed by atoms with van der Waals surface area (Å²) in [6, 6.07) is 9.06. The van der Waals surface area contributed by atoms with Crippen LogP contribution in [-0.2, 0) is 11.2 Å². The van der Waals surface area contributed by atoms with Gasteiger partial charge < -0.3 is 11.1 Å². The molecular formula is C12H10N2O3. The van der Waals surface area contributed by atoms with Crippen LogP contribution in [0.2, 0.25) is 0 Å². The predicted octanol–water partition coefficient (Wildman–Crippen LogP) is 0.0460. The van der Waals surface area contributed by atoms with E-state index < -0.39 is 10.9 Å². The van der Waals surface area contributed by atoms with Crippen LogP contribution in [0.5, 0.6) is 0 Å². The second kappa shape index (κ2) is 4.21. The fourth-order valence-electron chi connectivity index (χ4n) is 1.50. The van der Waals surface area contributed by atoms with E-state index in [-0.39, 0.29) is 23.7 Å². The van der Waals surface area contributed by atoms with E-state index in [0.29, 0.717) is 0 Å². The van der Waals surface area contributed by atoms with Crippen LogP contribution in [0.3, 0.4) is 0 Å². The molecule has 5 heteroatoms. The van der Waals surface area contributed by atoms with E-state index in [4.69, 9.17) is 5.73 Å². The van der Waals surface area contributed by atoms with Crippen LogP contribution in [-0.4, -0.2) is 5.91 Å². The van der Waals surface area contributed by atoms with E-state index in [1.54, 1.807) is 12.1 Å². The Balaban J connectivity index is 2.05. The SMILES string of the molecule is Nc1c(NC(=O)Cc2ccccc2)c(=O)c1=O. The number of nitrogens with one attached hydrogen (secondary N) is 1. The van der Waals surface area contributed by atoms with Crippen molar-refractivity contribution in [2.45, 2.75) is 6.42 Å². The third-order valence-electron chi connectivity index (χ3n) is 2.42. The van der Waals surface area contributed by atoms with Gasteiger partial charge in [-0.1, -0.05) is 30.3 Å². The molecule has 2 aromatic rings. The van der Waals surface area contributed by atoms with Crippen molar-refractivity contribution in [3.05, 3.63) is 56.3 Å². The van der Waals surface area contributed by atoms with Gasteiger partial charge in [-0.2, -0.15) is 0 Å². The smallest absolute Gasteiger partial charge is 0.253 e. The normalized spacial score (nSPS) is 10.4. The Morgan fingerprint density at radius 2 is 1.76 bits per heavy atom. The Bertz CT molecular complexity index is 625. The first-order valence-corrected chi connectivity index (χ1v) is 5.02. The third kappa shape index (κ3) is 2.08. The summed E-state index contributed by atoms with van der Waals surface area (Å²) in [4.78, 5) is 33.4. The zero-order valence-corrected chi connectivity index (χ0v) is 8.90. The first kappa shape index (κ1) is 11.1. The number of anilines is 2. The van der Waals surface area contributed by atoms with Crippen LogP contribution in [0.1, 0.15) is 5.56 Å². The lowest BCUT2D eigenvalue weighted by molar-refractivity contribution is -0.115. The van der Waals surface area contributed by atoms with Crippen molar-refractivity contribution in [2.24, 2.45) is 0 Å². The van der Waals surface area contributed by atoms with Gasteiger partial charge in [-0.05, 0) is 5.56 Å². The molecule has 0 heterocycles. The highest BCUT2D eigenvalue weighted by Gasteiger charge is 2.19. The zero-order valence-electron chi connectivity index (χ0n) is 8.90. The standard InChI is InChI=1S/C12H10N2O3/c13-9-10(12(17)11(9)16)14-8(15)6-7-4-2-1-3-5-7/h1-5H,6,13H2,(H,14,15). The van der Waals surface area contributed by atoms with Crippen LogP contribution in [0.4, 0.5) is 11.4 Å². The van der Waals surface area contributed by atoms with Crippen LogP contribution >= 0.6 is 0 Å². The van der Waals surface area contributed by atoms with Crippen molar-refractivity contribution in [2.75, 3.05) is 11.1 Å². The largest absolute Gasteiger partial charge is 0.394 e. The topological polar surface area (TPSA) is 89.3 Å². The number of hydrogen-bond donors (Lipinski definition) is 2. The Morgan fingerprint density at radius 3 is 2.35 bits per heavy atom. The summed E-state index contributed by atoms with van der Waals surface area (Å²) in [6.45, 7) is 0. The van der Waals surface area contributed by atoms with Gasteiger partial charge in [0.2, 0.25) is 5.91 Å². The van der Waals surface area contributed by atoms with E-state index >= 15 is 0 Å². The van der Waals surface area contributed by atoms with Gasteiger partial charge in [0.15, 0.2) is 0 Å². The number of carbonyl (C=O) groups is 1. The highest BCUT2D eigenvalue weighted by atomic mass is 16.2. The highest BCUT2D eigenvalue weighted by molar-refractivity contribution is 5.96. The summed E-state index contributed by atoms with van der Waals surface area (Å²) in [5, 5.41) is 2.34. The summed E-state index contributed by atoms with van der Waals surface area (Å²) in [5.41, 5.74) is 4.39. The lowest BCUT2D eigenvalue weighted by atomic mass is 10.1. The quantitative estimate of drug-likeness (QED) is 0.729. The molecule has 0 spiro atoms. The maximum absolute atomic E-state index is 11.5. The second-order valence-electron chi connectivity index (χ2n) is 3.66. The molecule has 5 nitrogen and oxygen atoms in total. The lowest BCUT2D eigenvalue weighted by Crippen LogP contribution is -2.38. The van der Waals surface area contributed by atoms with E-state index in [9.17, 15) is 14.4 Å². The minimum Gasteiger partial charge on any atom is -0.394 e. The van der Waals surface area contributed by atoms with Gasteiger partial charge in [-0.15, -0.1) is 0 Å². The average Bonchev–Trinajstić information content (AvgIpc) is 2.36. The molecule has 3 N–H and O–H groups in total. The maximum Gasteiger partial charge on any atom is 0.253 e. The van der Waals surface area contributed by atoms with Gasteiger partial charge in [0.25, 0.3) is 10.9 Å². The molecule has 2 aromatic carbocycles. The fraction of sp³-hybridized carbons (Fsp3) is 0.0833. The molecule has 0 aliphatic carbocycles. The van der Waals surface area contributed by atoms with Crippen molar-refractivity contribution in [1.29, 1.82) is 0 Å². The van der Waals surface area contributed by atoms with Crippen molar-refractivity contribution < 1.29 is 4.79 Å². The first-order valence-electron chi connectivity index (χ1n) is 5.02. The van der Waals surface area contributed by atoms with Crippen LogP contribution in [0.25, 0.3) is 0 Å². The van der Waals surface area contributed by atoms with Crippen molar-refractivity contribution in [3.63, 3.8) is 0 Å². The Morgan fingerprint density at radius 1 is 1.12 bits per heavy atom. The Labute approximate surface area is 96.6 Å². The number of benzene rings is 1. The minimum atomic E-state index is -0.736. The van der Waals surface area contributed by atoms with Crippen molar-refractivity contribution in [3.8, 4) is 0 Å². The molecule has 86 valence electrons. The molecule has 0 saturated heterocycles. The summed E-state index contributed by atoms with van der Waals surface area (Å²) in [7, 11) is 0. The Kier molecular flexibility index (Phi) is 2.74. The van der Waals surface area contributed by atoms with E-state index in [1.807, 2.05) is 18.2 Å². The second-order valence-corrected chi connectivity index (χ2v) is 3.66. The predicted molar refractivity (Wildman–Crippen MR) is 64.5 cm³/mol. The number of hydrogen-bond acceptors (Lipinski definition) is 4. The van der Waals surface area contributed by atoms with Crippen LogP contribution in [0.15, 0.2) is 39.9 Å². The van der Waals surface area contributed by atoms with Crippen molar-refractivity contribution >= 4 is 17.3 Å². The molecule has 0 fully saturated rings. The average molecular weight is 230 g/mol. The molecule has 17 heavy (non-hydrogen) atoms. The molecule has 0 aromatic heterocycles. The molecule has 0 radical (unpaired) electrons. The molecule has 0 bridgehead atoms. The van der Waals surface area contributed by atoms with Crippen LogP contribution in [0, 0.1) is 0 Å². The number of nitrogens with two attached hydrogens (primary N) is 1. The maximum atomic E-state index is 11.5. The van der Waals surface area contributed by atoms with E-state index in [0.717, 1.165) is 5.56 Å². The van der Waals surface area contributed by atoms with E-state index in [2.05, 4.69) is 5.32 Å². The van der Waals surface area contributed by atoms with Gasteiger partial charge in [0, 0.05) is 0 Å².